The molecule has 0 aliphatic rings. The Morgan fingerprint density at radius 1 is 0.897 bits per heavy atom. The summed E-state index contributed by atoms with van der Waals surface area (Å²) < 4.78 is 7.63. The zero-order valence-electron chi connectivity index (χ0n) is 15.9. The van der Waals surface area contributed by atoms with Gasteiger partial charge in [0.15, 0.2) is 0 Å². The van der Waals surface area contributed by atoms with Gasteiger partial charge in [0, 0.05) is 18.3 Å². The van der Waals surface area contributed by atoms with Crippen LogP contribution in [0.3, 0.4) is 0 Å². The lowest BCUT2D eigenvalue weighted by atomic mass is 10.2. The molecule has 0 radical (unpaired) electrons. The molecule has 0 spiro atoms. The summed E-state index contributed by atoms with van der Waals surface area (Å²) in [7, 11) is 0. The molecule has 1 aromatic heterocycles. The molecule has 4 aromatic rings. The third-order valence-electron chi connectivity index (χ3n) is 4.43. The number of aromatic nitrogens is 2. The smallest absolute Gasteiger partial charge is 0.251 e. The fraction of sp³-hybridized carbons (Fsp3) is 0.0833. The predicted molar refractivity (Wildman–Crippen MR) is 113 cm³/mol. The third-order valence-corrected chi connectivity index (χ3v) is 4.43. The summed E-state index contributed by atoms with van der Waals surface area (Å²) in [6.45, 7) is 0.531. The summed E-state index contributed by atoms with van der Waals surface area (Å²) in [5.41, 5.74) is 2.65. The van der Waals surface area contributed by atoms with Gasteiger partial charge in [-0.3, -0.25) is 4.79 Å². The first-order chi connectivity index (χ1) is 14.3. The largest absolute Gasteiger partial charge is 0.457 e. The molecule has 5 nitrogen and oxygen atoms in total. The van der Waals surface area contributed by atoms with E-state index in [-0.39, 0.29) is 5.91 Å². The van der Waals surface area contributed by atoms with E-state index in [0.717, 1.165) is 17.0 Å². The van der Waals surface area contributed by atoms with Crippen LogP contribution in [0.25, 0.3) is 5.69 Å². The van der Waals surface area contributed by atoms with Crippen molar-refractivity contribution in [2.24, 2.45) is 0 Å². The Hall–Kier alpha value is -3.86. The van der Waals surface area contributed by atoms with Crippen molar-refractivity contribution >= 4 is 5.91 Å². The van der Waals surface area contributed by atoms with Crippen molar-refractivity contribution in [3.63, 3.8) is 0 Å². The van der Waals surface area contributed by atoms with E-state index in [1.165, 1.54) is 0 Å². The van der Waals surface area contributed by atoms with E-state index in [9.17, 15) is 4.79 Å². The number of hydrogen-bond acceptors (Lipinski definition) is 3. The molecule has 0 saturated carbocycles. The summed E-state index contributed by atoms with van der Waals surface area (Å²) in [6, 6.07) is 26.6. The number of nitrogens with zero attached hydrogens (tertiary/aromatic N) is 2. The van der Waals surface area contributed by atoms with Crippen molar-refractivity contribution in [3.8, 4) is 17.2 Å². The number of carbonyl (C=O) groups excluding carboxylic acids is 1. The van der Waals surface area contributed by atoms with Crippen LogP contribution < -0.4 is 10.1 Å². The minimum atomic E-state index is -0.126. The highest BCUT2D eigenvalue weighted by molar-refractivity contribution is 5.94. The zero-order valence-corrected chi connectivity index (χ0v) is 15.9. The van der Waals surface area contributed by atoms with Crippen molar-refractivity contribution in [1.82, 2.24) is 15.1 Å². The second kappa shape index (κ2) is 8.89. The number of carbonyl (C=O) groups is 1. The van der Waals surface area contributed by atoms with Gasteiger partial charge in [0.25, 0.3) is 5.91 Å². The van der Waals surface area contributed by atoms with Gasteiger partial charge in [0.05, 0.1) is 11.9 Å². The Labute approximate surface area is 169 Å². The average Bonchev–Trinajstić information content (AvgIpc) is 3.24. The molecule has 3 aromatic carbocycles. The van der Waals surface area contributed by atoms with Crippen LogP contribution in [0.5, 0.6) is 11.5 Å². The van der Waals surface area contributed by atoms with E-state index in [0.29, 0.717) is 24.3 Å². The normalized spacial score (nSPS) is 10.5. The van der Waals surface area contributed by atoms with Crippen LogP contribution in [0.4, 0.5) is 0 Å². The maximum atomic E-state index is 12.5. The third kappa shape index (κ3) is 4.90. The maximum Gasteiger partial charge on any atom is 0.251 e. The molecule has 144 valence electrons. The lowest BCUT2D eigenvalue weighted by Crippen LogP contribution is -2.25. The van der Waals surface area contributed by atoms with Crippen LogP contribution in [0.2, 0.25) is 0 Å². The maximum absolute atomic E-state index is 12.5. The Morgan fingerprint density at radius 3 is 2.41 bits per heavy atom. The molecule has 0 fully saturated rings. The van der Waals surface area contributed by atoms with Gasteiger partial charge < -0.3 is 10.1 Å². The van der Waals surface area contributed by atoms with Crippen molar-refractivity contribution in [3.05, 3.63) is 108 Å². The van der Waals surface area contributed by atoms with E-state index in [2.05, 4.69) is 10.4 Å². The van der Waals surface area contributed by atoms with Gasteiger partial charge in [-0.05, 0) is 54.4 Å². The van der Waals surface area contributed by atoms with Crippen LogP contribution in [0.1, 0.15) is 15.9 Å². The van der Waals surface area contributed by atoms with Gasteiger partial charge in [-0.1, -0.05) is 42.5 Å². The Morgan fingerprint density at radius 2 is 1.62 bits per heavy atom. The first-order valence-corrected chi connectivity index (χ1v) is 9.48. The highest BCUT2D eigenvalue weighted by atomic mass is 16.5. The van der Waals surface area contributed by atoms with Gasteiger partial charge in [0.2, 0.25) is 0 Å². The Kier molecular flexibility index (Phi) is 5.67. The first-order valence-electron chi connectivity index (χ1n) is 9.48. The number of amides is 1. The molecular weight excluding hydrogens is 362 g/mol. The molecule has 29 heavy (non-hydrogen) atoms. The molecule has 1 N–H and O–H groups in total. The lowest BCUT2D eigenvalue weighted by Gasteiger charge is -2.08. The van der Waals surface area contributed by atoms with Crippen LogP contribution >= 0.6 is 0 Å². The monoisotopic (exact) mass is 383 g/mol. The zero-order chi connectivity index (χ0) is 19.9. The fourth-order valence-electron chi connectivity index (χ4n) is 2.96. The molecule has 1 heterocycles. The van der Waals surface area contributed by atoms with E-state index in [1.807, 2.05) is 89.9 Å². The molecule has 0 aliphatic carbocycles. The number of benzene rings is 3. The van der Waals surface area contributed by atoms with Gasteiger partial charge in [-0.2, -0.15) is 5.10 Å². The Bertz CT molecular complexity index is 1080. The van der Waals surface area contributed by atoms with Crippen LogP contribution in [-0.2, 0) is 6.42 Å². The molecule has 0 saturated heterocycles. The van der Waals surface area contributed by atoms with Crippen LogP contribution in [-0.4, -0.2) is 22.2 Å². The van der Waals surface area contributed by atoms with Gasteiger partial charge in [0.1, 0.15) is 11.5 Å². The highest BCUT2D eigenvalue weighted by Gasteiger charge is 2.08. The second-order valence-corrected chi connectivity index (χ2v) is 6.58. The van der Waals surface area contributed by atoms with E-state index in [1.54, 1.807) is 12.1 Å². The standard InChI is InChI=1S/C24H21N3O2/c28-24(20-8-7-13-23(16-20)29-22-11-5-2-6-12-22)25-15-14-19-17-26-27(18-19)21-9-3-1-4-10-21/h1-13,16-18H,14-15H2,(H,25,28). The van der Waals surface area contributed by atoms with E-state index < -0.39 is 0 Å². The van der Waals surface area contributed by atoms with Gasteiger partial charge in [-0.15, -0.1) is 0 Å². The second-order valence-electron chi connectivity index (χ2n) is 6.58. The fourth-order valence-corrected chi connectivity index (χ4v) is 2.96. The number of nitrogens with one attached hydrogen (secondary N) is 1. The van der Waals surface area contributed by atoms with E-state index >= 15 is 0 Å². The molecule has 0 bridgehead atoms. The molecule has 0 aliphatic heterocycles. The summed E-state index contributed by atoms with van der Waals surface area (Å²) in [5.74, 6) is 1.24. The van der Waals surface area contributed by atoms with E-state index in [4.69, 9.17) is 4.74 Å². The van der Waals surface area contributed by atoms with Gasteiger partial charge in [-0.25, -0.2) is 4.68 Å². The molecular formula is C24H21N3O2. The average molecular weight is 383 g/mol. The predicted octanol–water partition coefficient (Wildman–Crippen LogP) is 4.64. The van der Waals surface area contributed by atoms with Crippen molar-refractivity contribution in [2.45, 2.75) is 6.42 Å². The lowest BCUT2D eigenvalue weighted by molar-refractivity contribution is 0.0954. The van der Waals surface area contributed by atoms with Crippen molar-refractivity contribution in [2.75, 3.05) is 6.54 Å². The SMILES string of the molecule is O=C(NCCc1cnn(-c2ccccc2)c1)c1cccc(Oc2ccccc2)c1. The number of hydrogen-bond donors (Lipinski definition) is 1. The Balaban J connectivity index is 1.32. The minimum absolute atomic E-state index is 0.126. The van der Waals surface area contributed by atoms with Crippen LogP contribution in [0.15, 0.2) is 97.3 Å². The highest BCUT2D eigenvalue weighted by Crippen LogP contribution is 2.21. The molecule has 4 rings (SSSR count). The molecule has 1 amide bonds. The number of para-hydroxylation sites is 2. The first kappa shape index (κ1) is 18.5. The topological polar surface area (TPSA) is 56.2 Å². The quantitative estimate of drug-likeness (QED) is 0.506. The molecule has 5 heteroatoms. The molecule has 0 unspecified atom stereocenters. The summed E-state index contributed by atoms with van der Waals surface area (Å²) in [6.07, 6.45) is 4.52. The molecule has 0 atom stereocenters. The summed E-state index contributed by atoms with van der Waals surface area (Å²) in [4.78, 5) is 12.5. The van der Waals surface area contributed by atoms with Crippen LogP contribution in [0, 0.1) is 0 Å². The number of rotatable bonds is 7. The summed E-state index contributed by atoms with van der Waals surface area (Å²) in [5, 5.41) is 7.34. The number of ether oxygens (including phenoxy) is 1. The minimum Gasteiger partial charge on any atom is -0.457 e. The summed E-state index contributed by atoms with van der Waals surface area (Å²) >= 11 is 0. The van der Waals surface area contributed by atoms with Crippen molar-refractivity contribution < 1.29 is 9.53 Å². The van der Waals surface area contributed by atoms with Crippen molar-refractivity contribution in [1.29, 1.82) is 0 Å². The van der Waals surface area contributed by atoms with Gasteiger partial charge >= 0.3 is 0 Å².